The third-order valence-electron chi connectivity index (χ3n) is 4.37. The van der Waals surface area contributed by atoms with E-state index in [0.717, 1.165) is 25.1 Å². The van der Waals surface area contributed by atoms with Crippen LogP contribution in [-0.2, 0) is 11.3 Å². The van der Waals surface area contributed by atoms with Crippen molar-refractivity contribution < 1.29 is 13.9 Å². The van der Waals surface area contributed by atoms with Crippen LogP contribution in [-0.4, -0.2) is 32.3 Å². The number of ether oxygens (including phenoxy) is 1. The number of halogens is 1. The summed E-state index contributed by atoms with van der Waals surface area (Å²) in [4.78, 5) is 13.8. The fourth-order valence-corrected chi connectivity index (χ4v) is 2.91. The van der Waals surface area contributed by atoms with Gasteiger partial charge in [-0.15, -0.1) is 0 Å². The van der Waals surface area contributed by atoms with Crippen molar-refractivity contribution in [1.82, 2.24) is 5.32 Å². The van der Waals surface area contributed by atoms with Crippen molar-refractivity contribution >= 4 is 17.5 Å². The summed E-state index contributed by atoms with van der Waals surface area (Å²) < 4.78 is 19.5. The summed E-state index contributed by atoms with van der Waals surface area (Å²) in [5, 5.41) is 5.83. The Morgan fingerprint density at radius 2 is 2.12 bits per heavy atom. The monoisotopic (exact) mass is 343 g/mol. The average molecular weight is 343 g/mol. The predicted molar refractivity (Wildman–Crippen MR) is 96.3 cm³/mol. The lowest BCUT2D eigenvalue weighted by molar-refractivity contribution is 0.155. The molecule has 0 spiro atoms. The molecule has 1 atom stereocenters. The average Bonchev–Trinajstić information content (AvgIpc) is 3.15. The van der Waals surface area contributed by atoms with Crippen molar-refractivity contribution in [3.05, 3.63) is 59.9 Å². The molecule has 2 aromatic carbocycles. The highest BCUT2D eigenvalue weighted by atomic mass is 19.1. The van der Waals surface area contributed by atoms with Gasteiger partial charge in [-0.3, -0.25) is 5.32 Å². The normalized spacial score (nSPS) is 16.5. The van der Waals surface area contributed by atoms with Gasteiger partial charge >= 0.3 is 6.09 Å². The van der Waals surface area contributed by atoms with E-state index in [9.17, 15) is 9.18 Å². The maximum absolute atomic E-state index is 14.4. The van der Waals surface area contributed by atoms with Crippen LogP contribution < -0.4 is 15.5 Å². The Morgan fingerprint density at radius 1 is 1.32 bits per heavy atom. The van der Waals surface area contributed by atoms with E-state index in [0.29, 0.717) is 11.4 Å². The van der Waals surface area contributed by atoms with Crippen LogP contribution in [0, 0.1) is 5.82 Å². The molecule has 2 N–H and O–H groups in total. The molecule has 1 aliphatic rings. The minimum atomic E-state index is -0.607. The van der Waals surface area contributed by atoms with Crippen LogP contribution in [0.5, 0.6) is 0 Å². The fraction of sp³-hybridized carbons (Fsp3) is 0.316. The van der Waals surface area contributed by atoms with Gasteiger partial charge in [-0.05, 0) is 36.7 Å². The van der Waals surface area contributed by atoms with E-state index in [1.165, 1.54) is 6.07 Å². The number of hydrogen-bond acceptors (Lipinski definition) is 4. The van der Waals surface area contributed by atoms with Gasteiger partial charge in [-0.25, -0.2) is 9.18 Å². The molecule has 0 radical (unpaired) electrons. The van der Waals surface area contributed by atoms with E-state index in [1.54, 1.807) is 12.1 Å². The maximum atomic E-state index is 14.4. The highest BCUT2D eigenvalue weighted by Crippen LogP contribution is 2.25. The second kappa shape index (κ2) is 7.98. The molecule has 1 fully saturated rings. The Balaban J connectivity index is 1.57. The maximum Gasteiger partial charge on any atom is 0.411 e. The van der Waals surface area contributed by atoms with E-state index in [2.05, 4.69) is 10.6 Å². The van der Waals surface area contributed by atoms with Crippen molar-refractivity contribution in [2.75, 3.05) is 30.4 Å². The number of hydrogen-bond donors (Lipinski definition) is 2. The first kappa shape index (κ1) is 17.2. The van der Waals surface area contributed by atoms with Gasteiger partial charge in [0.1, 0.15) is 12.4 Å². The third kappa shape index (κ3) is 4.48. The van der Waals surface area contributed by atoms with Crippen LogP contribution in [0.3, 0.4) is 0 Å². The summed E-state index contributed by atoms with van der Waals surface area (Å²) in [7, 11) is 1.89. The molecule has 5 nitrogen and oxygen atoms in total. The fourth-order valence-electron chi connectivity index (χ4n) is 2.91. The molecule has 1 heterocycles. The van der Waals surface area contributed by atoms with E-state index >= 15 is 0 Å². The van der Waals surface area contributed by atoms with Crippen molar-refractivity contribution in [1.29, 1.82) is 0 Å². The van der Waals surface area contributed by atoms with Crippen LogP contribution in [0.1, 0.15) is 12.0 Å². The molecular formula is C19H22FN3O2. The number of amides is 1. The molecule has 0 bridgehead atoms. The van der Waals surface area contributed by atoms with Gasteiger partial charge in [-0.1, -0.05) is 30.3 Å². The molecule has 132 valence electrons. The second-order valence-corrected chi connectivity index (χ2v) is 6.11. The zero-order valence-corrected chi connectivity index (χ0v) is 14.2. The SMILES string of the molecule is CN(c1ccc(NC(=O)OCc2ccccc2)cc1F)C1CCNC1. The first-order valence-corrected chi connectivity index (χ1v) is 8.34. The summed E-state index contributed by atoms with van der Waals surface area (Å²) in [5.74, 6) is -0.366. The number of anilines is 2. The summed E-state index contributed by atoms with van der Waals surface area (Å²) in [5.41, 5.74) is 1.79. The van der Waals surface area contributed by atoms with Crippen molar-refractivity contribution in [2.45, 2.75) is 19.1 Å². The summed E-state index contributed by atoms with van der Waals surface area (Å²) >= 11 is 0. The summed E-state index contributed by atoms with van der Waals surface area (Å²) in [6, 6.07) is 14.4. The molecule has 1 unspecified atom stereocenters. The Morgan fingerprint density at radius 3 is 2.80 bits per heavy atom. The lowest BCUT2D eigenvalue weighted by Crippen LogP contribution is -2.33. The Labute approximate surface area is 146 Å². The van der Waals surface area contributed by atoms with Crippen molar-refractivity contribution in [2.24, 2.45) is 0 Å². The standard InChI is InChI=1S/C19H22FN3O2/c1-23(16-9-10-21-12-16)18-8-7-15(11-17(18)20)22-19(24)25-13-14-5-3-2-4-6-14/h2-8,11,16,21H,9-10,12-13H2,1H3,(H,22,24). The quantitative estimate of drug-likeness (QED) is 0.874. The molecule has 1 saturated heterocycles. The second-order valence-electron chi connectivity index (χ2n) is 6.11. The summed E-state index contributed by atoms with van der Waals surface area (Å²) in [6.07, 6.45) is 0.381. The predicted octanol–water partition coefficient (Wildman–Crippen LogP) is 3.37. The molecule has 25 heavy (non-hydrogen) atoms. The van der Waals surface area contributed by atoms with Crippen LogP contribution in [0.15, 0.2) is 48.5 Å². The molecule has 0 aromatic heterocycles. The van der Waals surface area contributed by atoms with Gasteiger partial charge in [0.15, 0.2) is 0 Å². The highest BCUT2D eigenvalue weighted by Gasteiger charge is 2.21. The smallest absolute Gasteiger partial charge is 0.411 e. The minimum Gasteiger partial charge on any atom is -0.444 e. The van der Waals surface area contributed by atoms with Crippen LogP contribution in [0.4, 0.5) is 20.6 Å². The van der Waals surface area contributed by atoms with E-state index in [1.807, 2.05) is 42.3 Å². The first-order chi connectivity index (χ1) is 12.1. The third-order valence-corrected chi connectivity index (χ3v) is 4.37. The van der Waals surface area contributed by atoms with Gasteiger partial charge < -0.3 is 15.0 Å². The molecule has 0 aliphatic carbocycles. The van der Waals surface area contributed by atoms with Crippen LogP contribution in [0.2, 0.25) is 0 Å². The Hall–Kier alpha value is -2.60. The molecule has 0 saturated carbocycles. The number of carbonyl (C=O) groups is 1. The van der Waals surface area contributed by atoms with Gasteiger partial charge in [0.25, 0.3) is 0 Å². The molecule has 1 aliphatic heterocycles. The molecule has 1 amide bonds. The van der Waals surface area contributed by atoms with Crippen molar-refractivity contribution in [3.63, 3.8) is 0 Å². The summed E-state index contributed by atoms with van der Waals surface area (Å²) in [6.45, 7) is 1.97. The minimum absolute atomic E-state index is 0.171. The largest absolute Gasteiger partial charge is 0.444 e. The van der Waals surface area contributed by atoms with Gasteiger partial charge in [-0.2, -0.15) is 0 Å². The lowest BCUT2D eigenvalue weighted by atomic mass is 10.2. The number of benzene rings is 2. The van der Waals surface area contributed by atoms with Crippen LogP contribution >= 0.6 is 0 Å². The zero-order valence-electron chi connectivity index (χ0n) is 14.2. The first-order valence-electron chi connectivity index (χ1n) is 8.34. The van der Waals surface area contributed by atoms with Gasteiger partial charge in [0.05, 0.1) is 5.69 Å². The number of rotatable bonds is 5. The van der Waals surface area contributed by atoms with Crippen molar-refractivity contribution in [3.8, 4) is 0 Å². The van der Waals surface area contributed by atoms with E-state index in [4.69, 9.17) is 4.74 Å². The van der Waals surface area contributed by atoms with E-state index < -0.39 is 6.09 Å². The Bertz CT molecular complexity index is 718. The number of likely N-dealkylation sites (N-methyl/N-ethyl adjacent to an activating group) is 1. The topological polar surface area (TPSA) is 53.6 Å². The molecular weight excluding hydrogens is 321 g/mol. The van der Waals surface area contributed by atoms with Crippen LogP contribution in [0.25, 0.3) is 0 Å². The number of nitrogens with one attached hydrogen (secondary N) is 2. The molecule has 2 aromatic rings. The zero-order chi connectivity index (χ0) is 17.6. The van der Waals surface area contributed by atoms with Gasteiger partial charge in [0, 0.05) is 25.3 Å². The number of carbonyl (C=O) groups excluding carboxylic acids is 1. The Kier molecular flexibility index (Phi) is 5.50. The van der Waals surface area contributed by atoms with Gasteiger partial charge in [0.2, 0.25) is 0 Å². The highest BCUT2D eigenvalue weighted by molar-refractivity contribution is 5.85. The number of nitrogens with zero attached hydrogens (tertiary/aromatic N) is 1. The molecule has 3 rings (SSSR count). The molecule has 6 heteroatoms. The van der Waals surface area contributed by atoms with E-state index in [-0.39, 0.29) is 18.5 Å². The lowest BCUT2D eigenvalue weighted by Gasteiger charge is -2.26.